The van der Waals surface area contributed by atoms with E-state index >= 15 is 0 Å². The maximum Gasteiger partial charge on any atom is 0.279 e. The molecule has 0 atom stereocenters. The molecule has 1 heterocycles. The number of hydrogen-bond donors (Lipinski definition) is 2. The van der Waals surface area contributed by atoms with Crippen molar-refractivity contribution in [3.8, 4) is 0 Å². The molecule has 28 heavy (non-hydrogen) atoms. The minimum Gasteiger partial charge on any atom is -0.331 e. The molecule has 1 aliphatic carbocycles. The lowest BCUT2D eigenvalue weighted by Crippen LogP contribution is -3.15. The van der Waals surface area contributed by atoms with Crippen LogP contribution in [0.5, 0.6) is 0 Å². The van der Waals surface area contributed by atoms with Crippen molar-refractivity contribution >= 4 is 29.1 Å². The van der Waals surface area contributed by atoms with Crippen molar-refractivity contribution in [3.05, 3.63) is 29.3 Å². The predicted molar refractivity (Wildman–Crippen MR) is 113 cm³/mol. The summed E-state index contributed by atoms with van der Waals surface area (Å²) >= 11 is 6.09. The number of nitrogens with zero attached hydrogens (tertiary/aromatic N) is 1. The van der Waals surface area contributed by atoms with E-state index in [1.165, 1.54) is 43.4 Å². The number of benzene rings is 1. The molecule has 2 N–H and O–H groups in total. The van der Waals surface area contributed by atoms with Crippen LogP contribution >= 0.6 is 11.6 Å². The zero-order valence-electron chi connectivity index (χ0n) is 16.7. The molecule has 0 radical (unpaired) electrons. The van der Waals surface area contributed by atoms with Crippen LogP contribution in [0.15, 0.2) is 24.3 Å². The van der Waals surface area contributed by atoms with Crippen LogP contribution in [0, 0.1) is 5.92 Å². The Bertz CT molecular complexity index is 653. The van der Waals surface area contributed by atoms with Crippen LogP contribution in [0.25, 0.3) is 0 Å². The molecule has 1 aromatic rings. The van der Waals surface area contributed by atoms with Gasteiger partial charge in [0.15, 0.2) is 6.54 Å². The molecule has 2 amide bonds. The number of anilines is 1. The number of piperazine rings is 1. The lowest BCUT2D eigenvalue weighted by molar-refractivity contribution is -0.895. The second-order valence-electron chi connectivity index (χ2n) is 8.23. The minimum atomic E-state index is -0.0321. The Morgan fingerprint density at radius 2 is 1.82 bits per heavy atom. The molecule has 1 aromatic carbocycles. The molecule has 154 valence electrons. The lowest BCUT2D eigenvalue weighted by atomic mass is 9.86. The first-order valence-corrected chi connectivity index (χ1v) is 11.2. The maximum atomic E-state index is 12.5. The normalized spacial score (nSPS) is 18.8. The molecule has 2 fully saturated rings. The second-order valence-corrected chi connectivity index (χ2v) is 8.64. The summed E-state index contributed by atoms with van der Waals surface area (Å²) in [4.78, 5) is 27.9. The van der Waals surface area contributed by atoms with Gasteiger partial charge in [-0.05, 0) is 30.9 Å². The molecule has 0 unspecified atom stereocenters. The van der Waals surface area contributed by atoms with Gasteiger partial charge in [-0.25, -0.2) is 0 Å². The van der Waals surface area contributed by atoms with E-state index in [-0.39, 0.29) is 11.8 Å². The Morgan fingerprint density at radius 1 is 1.11 bits per heavy atom. The molecule has 2 aliphatic rings. The van der Waals surface area contributed by atoms with Gasteiger partial charge in [0.1, 0.15) is 0 Å². The van der Waals surface area contributed by atoms with Gasteiger partial charge in [-0.15, -0.1) is 0 Å². The molecule has 1 aliphatic heterocycles. The summed E-state index contributed by atoms with van der Waals surface area (Å²) < 4.78 is 0. The third-order valence-corrected chi connectivity index (χ3v) is 6.44. The van der Waals surface area contributed by atoms with E-state index in [9.17, 15) is 9.59 Å². The van der Waals surface area contributed by atoms with Crippen molar-refractivity contribution in [2.75, 3.05) is 38.0 Å². The predicted octanol–water partition coefficient (Wildman–Crippen LogP) is 2.76. The van der Waals surface area contributed by atoms with Gasteiger partial charge in [0.25, 0.3) is 5.91 Å². The van der Waals surface area contributed by atoms with E-state index in [1.807, 2.05) is 17.0 Å². The SMILES string of the molecule is O=C(C[NH+]1CCN(C(=O)CCCC2CCCCC2)CC1)Nc1ccccc1Cl. The molecule has 5 nitrogen and oxygen atoms in total. The van der Waals surface area contributed by atoms with E-state index in [4.69, 9.17) is 11.6 Å². The van der Waals surface area contributed by atoms with Crippen LogP contribution in [0.3, 0.4) is 0 Å². The molecular formula is C22H33ClN3O2+. The summed E-state index contributed by atoms with van der Waals surface area (Å²) in [6.45, 7) is 3.55. The van der Waals surface area contributed by atoms with Crippen molar-refractivity contribution in [2.45, 2.75) is 51.4 Å². The summed E-state index contributed by atoms with van der Waals surface area (Å²) in [7, 11) is 0. The summed E-state index contributed by atoms with van der Waals surface area (Å²) in [6.07, 6.45) is 9.74. The molecular weight excluding hydrogens is 374 g/mol. The first kappa shape index (κ1) is 21.1. The van der Waals surface area contributed by atoms with E-state index in [0.717, 1.165) is 38.5 Å². The van der Waals surface area contributed by atoms with E-state index in [2.05, 4.69) is 5.32 Å². The van der Waals surface area contributed by atoms with Crippen LogP contribution in [-0.4, -0.2) is 49.4 Å². The first-order chi connectivity index (χ1) is 13.6. The van der Waals surface area contributed by atoms with Crippen molar-refractivity contribution in [1.82, 2.24) is 4.90 Å². The fraction of sp³-hybridized carbons (Fsp3) is 0.636. The number of quaternary nitrogens is 1. The molecule has 1 saturated carbocycles. The average molecular weight is 407 g/mol. The van der Waals surface area contributed by atoms with Gasteiger partial charge in [0, 0.05) is 6.42 Å². The highest BCUT2D eigenvalue weighted by atomic mass is 35.5. The van der Waals surface area contributed by atoms with E-state index in [1.54, 1.807) is 12.1 Å². The van der Waals surface area contributed by atoms with Crippen LogP contribution in [0.1, 0.15) is 51.4 Å². The molecule has 0 spiro atoms. The number of halogens is 1. The summed E-state index contributed by atoms with van der Waals surface area (Å²) in [6, 6.07) is 7.27. The van der Waals surface area contributed by atoms with Crippen molar-refractivity contribution in [1.29, 1.82) is 0 Å². The Hall–Kier alpha value is -1.59. The fourth-order valence-electron chi connectivity index (χ4n) is 4.41. The zero-order chi connectivity index (χ0) is 19.8. The number of rotatable bonds is 7. The highest BCUT2D eigenvalue weighted by molar-refractivity contribution is 6.33. The topological polar surface area (TPSA) is 53.9 Å². The molecule has 0 aromatic heterocycles. The standard InChI is InChI=1S/C22H32ClN3O2/c23-19-10-4-5-11-20(19)24-21(27)17-25-13-15-26(16-14-25)22(28)12-6-9-18-7-2-1-3-8-18/h4-5,10-11,18H,1-3,6-9,12-17H2,(H,24,27)/p+1. The monoisotopic (exact) mass is 406 g/mol. The summed E-state index contributed by atoms with van der Waals surface area (Å²) in [5.74, 6) is 1.10. The van der Waals surface area contributed by atoms with Gasteiger partial charge in [-0.2, -0.15) is 0 Å². The summed E-state index contributed by atoms with van der Waals surface area (Å²) in [5, 5.41) is 3.43. The molecule has 6 heteroatoms. The Morgan fingerprint density at radius 3 is 2.54 bits per heavy atom. The smallest absolute Gasteiger partial charge is 0.279 e. The third-order valence-electron chi connectivity index (χ3n) is 6.11. The van der Waals surface area contributed by atoms with Crippen molar-refractivity contribution in [3.63, 3.8) is 0 Å². The number of carbonyl (C=O) groups excluding carboxylic acids is 2. The highest BCUT2D eigenvalue weighted by Crippen LogP contribution is 2.27. The molecule has 3 rings (SSSR count). The highest BCUT2D eigenvalue weighted by Gasteiger charge is 2.25. The Balaban J connectivity index is 1.32. The number of hydrogen-bond acceptors (Lipinski definition) is 2. The maximum absolute atomic E-state index is 12.5. The van der Waals surface area contributed by atoms with E-state index < -0.39 is 0 Å². The molecule has 1 saturated heterocycles. The number of para-hydroxylation sites is 1. The van der Waals surface area contributed by atoms with Crippen LogP contribution < -0.4 is 10.2 Å². The first-order valence-electron chi connectivity index (χ1n) is 10.8. The zero-order valence-corrected chi connectivity index (χ0v) is 17.5. The number of nitrogens with one attached hydrogen (secondary N) is 2. The van der Waals surface area contributed by atoms with Crippen molar-refractivity contribution in [2.24, 2.45) is 5.92 Å². The largest absolute Gasteiger partial charge is 0.331 e. The van der Waals surface area contributed by atoms with Gasteiger partial charge in [0.05, 0.1) is 36.9 Å². The van der Waals surface area contributed by atoms with Gasteiger partial charge >= 0.3 is 0 Å². The molecule has 0 bridgehead atoms. The van der Waals surface area contributed by atoms with Crippen LogP contribution in [0.2, 0.25) is 5.02 Å². The minimum absolute atomic E-state index is 0.0321. The van der Waals surface area contributed by atoms with Crippen LogP contribution in [-0.2, 0) is 9.59 Å². The Labute approximate surface area is 173 Å². The lowest BCUT2D eigenvalue weighted by Gasteiger charge is -2.32. The van der Waals surface area contributed by atoms with Crippen molar-refractivity contribution < 1.29 is 14.5 Å². The number of carbonyl (C=O) groups is 2. The quantitative estimate of drug-likeness (QED) is 0.731. The fourth-order valence-corrected chi connectivity index (χ4v) is 4.59. The van der Waals surface area contributed by atoms with Gasteiger partial charge in [-0.3, -0.25) is 9.59 Å². The van der Waals surface area contributed by atoms with E-state index in [0.29, 0.717) is 23.7 Å². The van der Waals surface area contributed by atoms with Crippen LogP contribution in [0.4, 0.5) is 5.69 Å². The summed E-state index contributed by atoms with van der Waals surface area (Å²) in [5.41, 5.74) is 0.653. The second kappa shape index (κ2) is 10.8. The van der Waals surface area contributed by atoms with Gasteiger partial charge < -0.3 is 15.1 Å². The average Bonchev–Trinajstić information content (AvgIpc) is 2.71. The van der Waals surface area contributed by atoms with Gasteiger partial charge in [0.2, 0.25) is 5.91 Å². The van der Waals surface area contributed by atoms with Gasteiger partial charge in [-0.1, -0.05) is 55.8 Å². The number of amides is 2. The Kier molecular flexibility index (Phi) is 8.16. The third kappa shape index (κ3) is 6.49.